The smallest absolute Gasteiger partial charge is 0.407 e. The monoisotopic (exact) mass is 436 g/mol. The predicted octanol–water partition coefficient (Wildman–Crippen LogP) is 4.70. The number of aromatic nitrogens is 2. The van der Waals surface area contributed by atoms with Gasteiger partial charge in [-0.15, -0.1) is 4.91 Å². The number of carbonyl (C=O) groups is 1. The maximum Gasteiger partial charge on any atom is 0.407 e. The molecule has 9 heteroatoms. The number of H-pyrrole nitrogens is 1. The van der Waals surface area contributed by atoms with Gasteiger partial charge in [0, 0.05) is 30.4 Å². The van der Waals surface area contributed by atoms with Crippen LogP contribution in [-0.2, 0) is 4.74 Å². The summed E-state index contributed by atoms with van der Waals surface area (Å²) in [6.07, 6.45) is 1.33. The number of nitrogens with two attached hydrogens (primary N) is 1. The molecule has 1 saturated heterocycles. The lowest BCUT2D eigenvalue weighted by molar-refractivity contribution is 0.0497. The fourth-order valence-corrected chi connectivity index (χ4v) is 3.86. The van der Waals surface area contributed by atoms with Crippen molar-refractivity contribution in [1.29, 1.82) is 0 Å². The first-order chi connectivity index (χ1) is 15.2. The van der Waals surface area contributed by atoms with E-state index in [2.05, 4.69) is 37.5 Å². The number of aromatic amines is 1. The number of carbonyl (C=O) groups excluding carboxylic acids is 1. The third-order valence-corrected chi connectivity index (χ3v) is 5.45. The number of ether oxygens (including phenoxy) is 1. The number of benzene rings is 2. The zero-order chi connectivity index (χ0) is 22.9. The van der Waals surface area contributed by atoms with Crippen LogP contribution < -0.4 is 16.0 Å². The summed E-state index contributed by atoms with van der Waals surface area (Å²) < 4.78 is 5.36. The van der Waals surface area contributed by atoms with Gasteiger partial charge in [0.05, 0.1) is 16.7 Å². The molecule has 32 heavy (non-hydrogen) atoms. The molecule has 0 radical (unpaired) electrons. The molecule has 1 amide bonds. The van der Waals surface area contributed by atoms with Gasteiger partial charge in [0.25, 0.3) is 0 Å². The van der Waals surface area contributed by atoms with E-state index in [1.165, 1.54) is 0 Å². The highest BCUT2D eigenvalue weighted by Crippen LogP contribution is 2.30. The van der Waals surface area contributed by atoms with Crippen LogP contribution in [0.1, 0.15) is 33.6 Å². The molecule has 4 rings (SSSR count). The summed E-state index contributed by atoms with van der Waals surface area (Å²) in [5, 5.41) is 5.94. The first-order valence-electron chi connectivity index (χ1n) is 10.7. The molecule has 0 saturated carbocycles. The van der Waals surface area contributed by atoms with Crippen molar-refractivity contribution in [2.45, 2.75) is 45.3 Å². The number of hydrogen-bond acceptors (Lipinski definition) is 7. The van der Waals surface area contributed by atoms with Gasteiger partial charge >= 0.3 is 6.09 Å². The molecule has 0 unspecified atom stereocenters. The first-order valence-corrected chi connectivity index (χ1v) is 10.7. The van der Waals surface area contributed by atoms with Gasteiger partial charge in [-0.1, -0.05) is 0 Å². The SMILES string of the molecule is CC(C)(C)OC(=O)NC1CCN(c2ccc3nc(-c4ccc(N)c(N=O)c4)[nH]c3c2)CC1. The Morgan fingerprint density at radius 3 is 2.66 bits per heavy atom. The van der Waals surface area contributed by atoms with Crippen LogP contribution in [0.15, 0.2) is 41.6 Å². The van der Waals surface area contributed by atoms with Gasteiger partial charge in [-0.2, -0.15) is 0 Å². The molecule has 2 aromatic carbocycles. The number of nitrogen functional groups attached to an aromatic ring is 1. The van der Waals surface area contributed by atoms with Gasteiger partial charge in [0.15, 0.2) is 0 Å². The molecule has 1 aromatic heterocycles. The number of fused-ring (bicyclic) bond motifs is 1. The minimum Gasteiger partial charge on any atom is -0.444 e. The van der Waals surface area contributed by atoms with Gasteiger partial charge in [-0.3, -0.25) is 0 Å². The van der Waals surface area contributed by atoms with Gasteiger partial charge in [0.2, 0.25) is 0 Å². The van der Waals surface area contributed by atoms with Gasteiger partial charge < -0.3 is 25.7 Å². The van der Waals surface area contributed by atoms with Crippen molar-refractivity contribution in [2.24, 2.45) is 5.18 Å². The summed E-state index contributed by atoms with van der Waals surface area (Å²) >= 11 is 0. The van der Waals surface area contributed by atoms with E-state index in [0.717, 1.165) is 48.2 Å². The number of hydrogen-bond donors (Lipinski definition) is 3. The Balaban J connectivity index is 1.44. The summed E-state index contributed by atoms with van der Waals surface area (Å²) in [7, 11) is 0. The van der Waals surface area contributed by atoms with E-state index >= 15 is 0 Å². The number of anilines is 2. The Morgan fingerprint density at radius 1 is 1.22 bits per heavy atom. The number of rotatable bonds is 4. The third kappa shape index (κ3) is 4.82. The summed E-state index contributed by atoms with van der Waals surface area (Å²) in [5.74, 6) is 0.655. The molecule has 1 aliphatic rings. The van der Waals surface area contributed by atoms with Crippen LogP contribution >= 0.6 is 0 Å². The van der Waals surface area contributed by atoms with E-state index in [4.69, 9.17) is 10.5 Å². The van der Waals surface area contributed by atoms with Crippen LogP contribution in [0.2, 0.25) is 0 Å². The number of piperidine rings is 1. The van der Waals surface area contributed by atoms with Crippen LogP contribution in [0.3, 0.4) is 0 Å². The molecule has 9 nitrogen and oxygen atoms in total. The van der Waals surface area contributed by atoms with Crippen LogP contribution in [0.5, 0.6) is 0 Å². The molecular formula is C23H28N6O3. The van der Waals surface area contributed by atoms with E-state index in [0.29, 0.717) is 11.5 Å². The molecule has 0 atom stereocenters. The normalized spacial score (nSPS) is 15.0. The lowest BCUT2D eigenvalue weighted by Gasteiger charge is -2.34. The summed E-state index contributed by atoms with van der Waals surface area (Å²) in [4.78, 5) is 33.2. The van der Waals surface area contributed by atoms with Gasteiger partial charge in [-0.25, -0.2) is 9.78 Å². The highest BCUT2D eigenvalue weighted by atomic mass is 16.6. The van der Waals surface area contributed by atoms with E-state index < -0.39 is 5.60 Å². The summed E-state index contributed by atoms with van der Waals surface area (Å²) in [6, 6.07) is 11.3. The van der Waals surface area contributed by atoms with Gasteiger partial charge in [0.1, 0.15) is 17.1 Å². The molecule has 4 N–H and O–H groups in total. The van der Waals surface area contributed by atoms with E-state index in [1.807, 2.05) is 32.9 Å². The average Bonchev–Trinajstić information content (AvgIpc) is 3.16. The molecule has 168 valence electrons. The number of alkyl carbamates (subject to hydrolysis) is 1. The zero-order valence-corrected chi connectivity index (χ0v) is 18.5. The maximum absolute atomic E-state index is 12.0. The maximum atomic E-state index is 12.0. The molecule has 3 aromatic rings. The van der Waals surface area contributed by atoms with E-state index in [9.17, 15) is 9.70 Å². The zero-order valence-electron chi connectivity index (χ0n) is 18.5. The number of nitrogens with one attached hydrogen (secondary N) is 2. The minimum absolute atomic E-state index is 0.106. The lowest BCUT2D eigenvalue weighted by Crippen LogP contribution is -2.46. The van der Waals surface area contributed by atoms with Crippen LogP contribution in [-0.4, -0.2) is 40.8 Å². The quantitative estimate of drug-likeness (QED) is 0.402. The highest BCUT2D eigenvalue weighted by Gasteiger charge is 2.24. The Hall–Kier alpha value is -3.62. The second-order valence-corrected chi connectivity index (χ2v) is 9.06. The van der Waals surface area contributed by atoms with Crippen molar-refractivity contribution in [3.63, 3.8) is 0 Å². The summed E-state index contributed by atoms with van der Waals surface area (Å²) in [5.41, 5.74) is 9.39. The number of imidazole rings is 1. The van der Waals surface area contributed by atoms with Crippen LogP contribution in [0.4, 0.5) is 21.9 Å². The van der Waals surface area contributed by atoms with Gasteiger partial charge in [-0.05, 0) is 75.2 Å². The molecular weight excluding hydrogens is 408 g/mol. The average molecular weight is 437 g/mol. The lowest BCUT2D eigenvalue weighted by atomic mass is 10.0. The van der Waals surface area contributed by atoms with E-state index in [1.54, 1.807) is 12.1 Å². The molecule has 0 bridgehead atoms. The second-order valence-electron chi connectivity index (χ2n) is 9.06. The van der Waals surface area contributed by atoms with Crippen molar-refractivity contribution < 1.29 is 9.53 Å². The molecule has 0 spiro atoms. The van der Waals surface area contributed by atoms with Crippen molar-refractivity contribution in [3.05, 3.63) is 41.3 Å². The first kappa shape index (κ1) is 21.6. The Morgan fingerprint density at radius 2 is 1.97 bits per heavy atom. The van der Waals surface area contributed by atoms with Crippen LogP contribution in [0, 0.1) is 4.91 Å². The van der Waals surface area contributed by atoms with Crippen molar-refractivity contribution in [1.82, 2.24) is 15.3 Å². The summed E-state index contributed by atoms with van der Waals surface area (Å²) in [6.45, 7) is 7.24. The largest absolute Gasteiger partial charge is 0.444 e. The molecule has 1 fully saturated rings. The Labute approximate surface area is 186 Å². The van der Waals surface area contributed by atoms with Crippen LogP contribution in [0.25, 0.3) is 22.4 Å². The predicted molar refractivity (Wildman–Crippen MR) is 126 cm³/mol. The van der Waals surface area contributed by atoms with Crippen molar-refractivity contribution >= 4 is 34.2 Å². The fraction of sp³-hybridized carbons (Fsp3) is 0.391. The Kier molecular flexibility index (Phi) is 5.73. The highest BCUT2D eigenvalue weighted by molar-refractivity contribution is 5.84. The standard InChI is InChI=1S/C23H28N6O3/c1-23(2,3)32-22(30)25-15-8-10-29(11-9-15)16-5-7-18-20(13-16)27-21(26-18)14-4-6-17(24)19(12-14)28-31/h4-7,12-13,15H,8-11,24H2,1-3H3,(H,25,30)(H,26,27). The third-order valence-electron chi connectivity index (χ3n) is 5.45. The second kappa shape index (κ2) is 8.49. The topological polar surface area (TPSA) is 126 Å². The molecule has 0 aliphatic carbocycles. The fourth-order valence-electron chi connectivity index (χ4n) is 3.86. The van der Waals surface area contributed by atoms with E-state index in [-0.39, 0.29) is 17.8 Å². The van der Waals surface area contributed by atoms with Crippen molar-refractivity contribution in [2.75, 3.05) is 23.7 Å². The Bertz CT molecular complexity index is 1140. The van der Waals surface area contributed by atoms with Crippen molar-refractivity contribution in [3.8, 4) is 11.4 Å². The molecule has 2 heterocycles. The minimum atomic E-state index is -0.499. The number of nitroso groups, excluding NO2 is 1. The number of amides is 1. The molecule has 1 aliphatic heterocycles. The number of nitrogens with zero attached hydrogens (tertiary/aromatic N) is 3.